The summed E-state index contributed by atoms with van der Waals surface area (Å²) < 4.78 is 5.12. The minimum atomic E-state index is -0.485. The van der Waals surface area contributed by atoms with Crippen molar-refractivity contribution < 1.29 is 14.3 Å². The smallest absolute Gasteiger partial charge is 0.247 e. The zero-order chi connectivity index (χ0) is 13.1. The lowest BCUT2D eigenvalue weighted by atomic mass is 10.2. The topological polar surface area (TPSA) is 67.4 Å². The molecule has 2 N–H and O–H groups in total. The molecular weight excluding hydrogens is 256 g/mol. The van der Waals surface area contributed by atoms with Gasteiger partial charge in [0.15, 0.2) is 0 Å². The Morgan fingerprint density at radius 2 is 2.33 bits per heavy atom. The monoisotopic (exact) mass is 268 g/mol. The first kappa shape index (κ1) is 12.7. The summed E-state index contributed by atoms with van der Waals surface area (Å²) in [6.45, 7) is 0. The number of ether oxygens (including phenoxy) is 1. The summed E-state index contributed by atoms with van der Waals surface area (Å²) in [5.74, 6) is 0.159. The van der Waals surface area contributed by atoms with Gasteiger partial charge in [-0.2, -0.15) is 0 Å². The molecule has 2 amide bonds. The molecule has 1 saturated heterocycles. The lowest BCUT2D eigenvalue weighted by Crippen LogP contribution is -2.37. The molecule has 18 heavy (non-hydrogen) atoms. The fourth-order valence-electron chi connectivity index (χ4n) is 1.81. The molecule has 0 unspecified atom stereocenters. The molecule has 6 heteroatoms. The van der Waals surface area contributed by atoms with Crippen molar-refractivity contribution in [1.82, 2.24) is 5.32 Å². The van der Waals surface area contributed by atoms with Gasteiger partial charge in [0.1, 0.15) is 11.8 Å². The Morgan fingerprint density at radius 3 is 2.94 bits per heavy atom. The predicted octanol–water partition coefficient (Wildman–Crippen LogP) is 1.57. The summed E-state index contributed by atoms with van der Waals surface area (Å²) in [4.78, 5) is 23.0. The van der Waals surface area contributed by atoms with Gasteiger partial charge in [-0.1, -0.05) is 11.6 Å². The maximum Gasteiger partial charge on any atom is 0.247 e. The molecule has 0 aromatic heterocycles. The van der Waals surface area contributed by atoms with Crippen LogP contribution in [0.25, 0.3) is 0 Å². The minimum Gasteiger partial charge on any atom is -0.495 e. The number of carbonyl (C=O) groups excluding carboxylic acids is 2. The van der Waals surface area contributed by atoms with Gasteiger partial charge in [0.25, 0.3) is 0 Å². The predicted molar refractivity (Wildman–Crippen MR) is 67.8 cm³/mol. The van der Waals surface area contributed by atoms with Crippen LogP contribution in [0.15, 0.2) is 18.2 Å². The molecule has 0 saturated carbocycles. The molecule has 1 atom stereocenters. The lowest BCUT2D eigenvalue weighted by molar-refractivity contribution is -0.122. The largest absolute Gasteiger partial charge is 0.495 e. The van der Waals surface area contributed by atoms with Gasteiger partial charge in [-0.15, -0.1) is 0 Å². The first-order valence-corrected chi connectivity index (χ1v) is 5.91. The zero-order valence-corrected chi connectivity index (χ0v) is 10.6. The van der Waals surface area contributed by atoms with Gasteiger partial charge in [-0.25, -0.2) is 0 Å². The number of hydrogen-bond donors (Lipinski definition) is 2. The fraction of sp³-hybridized carbons (Fsp3) is 0.333. The Kier molecular flexibility index (Phi) is 3.72. The molecule has 5 nitrogen and oxygen atoms in total. The van der Waals surface area contributed by atoms with Crippen LogP contribution in [-0.4, -0.2) is 25.0 Å². The van der Waals surface area contributed by atoms with Crippen LogP contribution in [0.2, 0.25) is 5.02 Å². The van der Waals surface area contributed by atoms with Crippen LogP contribution in [0, 0.1) is 0 Å². The Bertz CT molecular complexity index is 490. The Hall–Kier alpha value is -1.75. The van der Waals surface area contributed by atoms with Crippen molar-refractivity contribution in [3.8, 4) is 5.75 Å². The third kappa shape index (κ3) is 2.73. The standard InChI is InChI=1S/C12H13ClN2O3/c1-18-10-4-2-7(13)6-9(10)15-12(17)8-3-5-11(16)14-8/h2,4,6,8H,3,5H2,1H3,(H,14,16)(H,15,17)/t8-/m1/s1. The van der Waals surface area contributed by atoms with Gasteiger partial charge < -0.3 is 15.4 Å². The van der Waals surface area contributed by atoms with Crippen molar-refractivity contribution in [2.75, 3.05) is 12.4 Å². The number of carbonyl (C=O) groups is 2. The van der Waals surface area contributed by atoms with Gasteiger partial charge in [0, 0.05) is 11.4 Å². The minimum absolute atomic E-state index is 0.104. The lowest BCUT2D eigenvalue weighted by Gasteiger charge is -2.13. The number of methoxy groups -OCH3 is 1. The van der Waals surface area contributed by atoms with Crippen LogP contribution in [0.1, 0.15) is 12.8 Å². The summed E-state index contributed by atoms with van der Waals surface area (Å²) in [6, 6.07) is 4.47. The summed E-state index contributed by atoms with van der Waals surface area (Å²) >= 11 is 5.86. The number of hydrogen-bond acceptors (Lipinski definition) is 3. The van der Waals surface area contributed by atoms with Crippen molar-refractivity contribution >= 4 is 29.1 Å². The molecule has 1 fully saturated rings. The molecule has 1 aromatic rings. The molecule has 0 radical (unpaired) electrons. The molecule has 0 bridgehead atoms. The van der Waals surface area contributed by atoms with E-state index in [2.05, 4.69) is 10.6 Å². The average Bonchev–Trinajstić information content (AvgIpc) is 2.76. The molecule has 0 spiro atoms. The van der Waals surface area contributed by atoms with Gasteiger partial charge >= 0.3 is 0 Å². The molecular formula is C12H13ClN2O3. The molecule has 1 aliphatic heterocycles. The van der Waals surface area contributed by atoms with Crippen molar-refractivity contribution in [3.05, 3.63) is 23.2 Å². The normalized spacial score (nSPS) is 18.3. The second-order valence-corrected chi connectivity index (χ2v) is 4.43. The van der Waals surface area contributed by atoms with Gasteiger partial charge in [-0.05, 0) is 24.6 Å². The van der Waals surface area contributed by atoms with Gasteiger partial charge in [0.05, 0.1) is 12.8 Å². The highest BCUT2D eigenvalue weighted by Crippen LogP contribution is 2.28. The van der Waals surface area contributed by atoms with E-state index in [9.17, 15) is 9.59 Å². The van der Waals surface area contributed by atoms with Crippen molar-refractivity contribution in [2.24, 2.45) is 0 Å². The fourth-order valence-corrected chi connectivity index (χ4v) is 1.98. The van der Waals surface area contributed by atoms with Crippen LogP contribution < -0.4 is 15.4 Å². The van der Waals surface area contributed by atoms with Gasteiger partial charge in [-0.3, -0.25) is 9.59 Å². The van der Waals surface area contributed by atoms with Crippen LogP contribution in [-0.2, 0) is 9.59 Å². The first-order valence-electron chi connectivity index (χ1n) is 5.54. The second kappa shape index (κ2) is 5.27. The highest BCUT2D eigenvalue weighted by molar-refractivity contribution is 6.31. The van der Waals surface area contributed by atoms with Crippen molar-refractivity contribution in [2.45, 2.75) is 18.9 Å². The van der Waals surface area contributed by atoms with E-state index in [0.717, 1.165) is 0 Å². The Morgan fingerprint density at radius 1 is 1.56 bits per heavy atom. The van der Waals surface area contributed by atoms with E-state index >= 15 is 0 Å². The molecule has 2 rings (SSSR count). The van der Waals surface area contributed by atoms with E-state index in [1.54, 1.807) is 18.2 Å². The highest BCUT2D eigenvalue weighted by atomic mass is 35.5. The van der Waals surface area contributed by atoms with Crippen LogP contribution in [0.3, 0.4) is 0 Å². The maximum atomic E-state index is 11.9. The molecule has 1 aliphatic rings. The molecule has 96 valence electrons. The maximum absolute atomic E-state index is 11.9. The van der Waals surface area contributed by atoms with Crippen LogP contribution >= 0.6 is 11.6 Å². The number of rotatable bonds is 3. The average molecular weight is 269 g/mol. The third-order valence-corrected chi connectivity index (χ3v) is 2.97. The zero-order valence-electron chi connectivity index (χ0n) is 9.83. The van der Waals surface area contributed by atoms with E-state index in [-0.39, 0.29) is 11.8 Å². The molecule has 0 aliphatic carbocycles. The van der Waals surface area contributed by atoms with Crippen molar-refractivity contribution in [1.29, 1.82) is 0 Å². The summed E-state index contributed by atoms with van der Waals surface area (Å²) in [7, 11) is 1.51. The third-order valence-electron chi connectivity index (χ3n) is 2.73. The van der Waals surface area contributed by atoms with E-state index in [1.165, 1.54) is 7.11 Å². The Balaban J connectivity index is 2.11. The van der Waals surface area contributed by atoms with Gasteiger partial charge in [0.2, 0.25) is 11.8 Å². The number of nitrogens with one attached hydrogen (secondary N) is 2. The number of halogens is 1. The Labute approximate surface area is 109 Å². The van der Waals surface area contributed by atoms with E-state index in [0.29, 0.717) is 29.3 Å². The van der Waals surface area contributed by atoms with Crippen LogP contribution in [0.4, 0.5) is 5.69 Å². The van der Waals surface area contributed by atoms with E-state index < -0.39 is 6.04 Å². The SMILES string of the molecule is COc1ccc(Cl)cc1NC(=O)[C@H]1CCC(=O)N1. The summed E-state index contributed by atoms with van der Waals surface area (Å²) in [5, 5.41) is 5.80. The highest BCUT2D eigenvalue weighted by Gasteiger charge is 2.27. The number of benzene rings is 1. The second-order valence-electron chi connectivity index (χ2n) is 3.99. The quantitative estimate of drug-likeness (QED) is 0.874. The van der Waals surface area contributed by atoms with Crippen molar-refractivity contribution in [3.63, 3.8) is 0 Å². The summed E-state index contributed by atoms with van der Waals surface area (Å²) in [5.41, 5.74) is 0.496. The van der Waals surface area contributed by atoms with E-state index in [4.69, 9.17) is 16.3 Å². The number of anilines is 1. The summed E-state index contributed by atoms with van der Waals surface area (Å²) in [6.07, 6.45) is 0.887. The van der Waals surface area contributed by atoms with Crippen LogP contribution in [0.5, 0.6) is 5.75 Å². The van der Waals surface area contributed by atoms with E-state index in [1.807, 2.05) is 0 Å². The first-order chi connectivity index (χ1) is 8.60. The number of amides is 2. The molecule has 1 aromatic carbocycles. The molecule has 1 heterocycles.